The van der Waals surface area contributed by atoms with E-state index in [1.807, 2.05) is 7.05 Å². The van der Waals surface area contributed by atoms with E-state index in [0.717, 1.165) is 17.1 Å². The summed E-state index contributed by atoms with van der Waals surface area (Å²) in [6, 6.07) is 0. The van der Waals surface area contributed by atoms with Gasteiger partial charge in [0.25, 0.3) is 0 Å². The number of aromatic nitrogens is 2. The smallest absolute Gasteiger partial charge is 0.135 e. The van der Waals surface area contributed by atoms with Crippen molar-refractivity contribution < 1.29 is 4.74 Å². The number of hydrogen-bond donors (Lipinski definition) is 1. The highest BCUT2D eigenvalue weighted by Gasteiger charge is 2.17. The Hall–Kier alpha value is -0.680. The van der Waals surface area contributed by atoms with Gasteiger partial charge >= 0.3 is 0 Å². The molecule has 0 aliphatic rings. The monoisotopic (exact) mass is 215 g/mol. The number of nitrogens with zero attached hydrogens (tertiary/aromatic N) is 2. The van der Waals surface area contributed by atoms with Crippen molar-refractivity contribution in [1.82, 2.24) is 9.59 Å². The Balaban J connectivity index is 2.53. The molecular formula is C9H17N3OS. The Morgan fingerprint density at radius 1 is 1.50 bits per heavy atom. The van der Waals surface area contributed by atoms with Crippen molar-refractivity contribution in [2.24, 2.45) is 0 Å². The lowest BCUT2D eigenvalue weighted by molar-refractivity contribution is -0.0327. The quantitative estimate of drug-likeness (QED) is 0.818. The molecule has 1 rings (SSSR count). The molecule has 0 saturated carbocycles. The zero-order chi connectivity index (χ0) is 10.6. The van der Waals surface area contributed by atoms with Crippen LogP contribution < -0.4 is 5.32 Å². The van der Waals surface area contributed by atoms with Crippen LogP contribution in [0.4, 0.5) is 5.00 Å². The molecule has 1 N–H and O–H groups in total. The molecule has 4 nitrogen and oxygen atoms in total. The third kappa shape index (κ3) is 2.92. The first-order chi connectivity index (χ1) is 6.59. The summed E-state index contributed by atoms with van der Waals surface area (Å²) < 4.78 is 9.60. The van der Waals surface area contributed by atoms with E-state index in [9.17, 15) is 0 Å². The Bertz CT molecular complexity index is 285. The largest absolute Gasteiger partial charge is 0.377 e. The molecule has 0 aliphatic carbocycles. The minimum absolute atomic E-state index is 0.0887. The van der Waals surface area contributed by atoms with Crippen molar-refractivity contribution in [2.75, 3.05) is 12.4 Å². The normalized spacial score (nSPS) is 11.7. The van der Waals surface area contributed by atoms with E-state index < -0.39 is 0 Å². The molecule has 0 unspecified atom stereocenters. The molecule has 5 heteroatoms. The molecule has 0 atom stereocenters. The van der Waals surface area contributed by atoms with E-state index in [4.69, 9.17) is 4.74 Å². The Kier molecular flexibility index (Phi) is 3.83. The third-order valence-electron chi connectivity index (χ3n) is 2.23. The van der Waals surface area contributed by atoms with Gasteiger partial charge in [-0.15, -0.1) is 5.10 Å². The molecule has 0 spiro atoms. The molecule has 0 bridgehead atoms. The third-order valence-corrected chi connectivity index (χ3v) is 3.02. The van der Waals surface area contributed by atoms with E-state index in [0.29, 0.717) is 6.61 Å². The van der Waals surface area contributed by atoms with Gasteiger partial charge in [-0.05, 0) is 20.3 Å². The lowest BCUT2D eigenvalue weighted by Crippen LogP contribution is -2.22. The van der Waals surface area contributed by atoms with E-state index in [1.165, 1.54) is 11.5 Å². The summed E-state index contributed by atoms with van der Waals surface area (Å²) in [6.07, 6.45) is 0.986. The number of anilines is 1. The minimum Gasteiger partial charge on any atom is -0.377 e. The van der Waals surface area contributed by atoms with Crippen LogP contribution in [-0.4, -0.2) is 22.2 Å². The zero-order valence-corrected chi connectivity index (χ0v) is 9.94. The van der Waals surface area contributed by atoms with Gasteiger partial charge < -0.3 is 10.1 Å². The second-order valence-electron chi connectivity index (χ2n) is 3.70. The van der Waals surface area contributed by atoms with E-state index in [1.54, 1.807) is 0 Å². The average molecular weight is 215 g/mol. The van der Waals surface area contributed by atoms with Crippen LogP contribution >= 0.6 is 11.5 Å². The average Bonchev–Trinajstić information content (AvgIpc) is 2.62. The van der Waals surface area contributed by atoms with Crippen LogP contribution in [0.15, 0.2) is 0 Å². The van der Waals surface area contributed by atoms with Gasteiger partial charge in [-0.25, -0.2) is 0 Å². The molecule has 80 valence electrons. The van der Waals surface area contributed by atoms with Crippen LogP contribution in [0, 0.1) is 0 Å². The number of hydrogen-bond acceptors (Lipinski definition) is 5. The van der Waals surface area contributed by atoms with Crippen molar-refractivity contribution in [3.63, 3.8) is 0 Å². The summed E-state index contributed by atoms with van der Waals surface area (Å²) in [5, 5.41) is 8.03. The van der Waals surface area contributed by atoms with Crippen LogP contribution in [-0.2, 0) is 11.3 Å². The van der Waals surface area contributed by atoms with Crippen LogP contribution in [0.5, 0.6) is 0 Å². The van der Waals surface area contributed by atoms with Gasteiger partial charge in [0.2, 0.25) is 0 Å². The summed E-state index contributed by atoms with van der Waals surface area (Å²) in [5.41, 5.74) is 0.799. The van der Waals surface area contributed by atoms with Gasteiger partial charge in [-0.2, -0.15) is 0 Å². The van der Waals surface area contributed by atoms with Crippen molar-refractivity contribution in [2.45, 2.75) is 39.4 Å². The van der Waals surface area contributed by atoms with Gasteiger partial charge in [-0.1, -0.05) is 11.4 Å². The topological polar surface area (TPSA) is 47.0 Å². The molecule has 0 radical (unpaired) electrons. The maximum absolute atomic E-state index is 5.73. The van der Waals surface area contributed by atoms with Crippen molar-refractivity contribution in [3.8, 4) is 0 Å². The molecule has 1 heterocycles. The lowest BCUT2D eigenvalue weighted by Gasteiger charge is -2.22. The van der Waals surface area contributed by atoms with Crippen molar-refractivity contribution >= 4 is 16.5 Å². The fourth-order valence-corrected chi connectivity index (χ4v) is 1.38. The highest BCUT2D eigenvalue weighted by atomic mass is 32.1. The minimum atomic E-state index is -0.0887. The first-order valence-electron chi connectivity index (χ1n) is 4.72. The molecule has 1 aromatic heterocycles. The Morgan fingerprint density at radius 3 is 2.79 bits per heavy atom. The highest BCUT2D eigenvalue weighted by Crippen LogP contribution is 2.21. The Morgan fingerprint density at radius 2 is 2.21 bits per heavy atom. The first kappa shape index (κ1) is 11.4. The number of nitrogens with one attached hydrogen (secondary N) is 1. The zero-order valence-electron chi connectivity index (χ0n) is 9.13. The predicted molar refractivity (Wildman–Crippen MR) is 58.6 cm³/mol. The van der Waals surface area contributed by atoms with Gasteiger partial charge in [0, 0.05) is 18.6 Å². The maximum atomic E-state index is 5.73. The fraction of sp³-hybridized carbons (Fsp3) is 0.778. The molecular weight excluding hydrogens is 198 g/mol. The first-order valence-corrected chi connectivity index (χ1v) is 5.49. The second kappa shape index (κ2) is 4.70. The molecule has 0 amide bonds. The SMILES string of the molecule is CCC(C)(C)OCc1nnsc1NC. The summed E-state index contributed by atoms with van der Waals surface area (Å²) in [6.45, 7) is 6.78. The molecule has 0 aliphatic heterocycles. The number of rotatable bonds is 5. The van der Waals surface area contributed by atoms with E-state index >= 15 is 0 Å². The summed E-state index contributed by atoms with van der Waals surface area (Å²) >= 11 is 1.36. The van der Waals surface area contributed by atoms with Crippen LogP contribution in [0.2, 0.25) is 0 Å². The molecule has 0 fully saturated rings. The van der Waals surface area contributed by atoms with E-state index in [-0.39, 0.29) is 5.60 Å². The van der Waals surface area contributed by atoms with Gasteiger partial charge in [0.15, 0.2) is 0 Å². The molecule has 1 aromatic rings. The second-order valence-corrected chi connectivity index (χ2v) is 4.45. The highest BCUT2D eigenvalue weighted by molar-refractivity contribution is 7.10. The Labute approximate surface area is 88.8 Å². The summed E-state index contributed by atoms with van der Waals surface area (Å²) in [4.78, 5) is 0. The van der Waals surface area contributed by atoms with Crippen LogP contribution in [0.25, 0.3) is 0 Å². The summed E-state index contributed by atoms with van der Waals surface area (Å²) in [5.74, 6) is 0. The van der Waals surface area contributed by atoms with Crippen molar-refractivity contribution in [1.29, 1.82) is 0 Å². The van der Waals surface area contributed by atoms with Crippen LogP contribution in [0.3, 0.4) is 0 Å². The van der Waals surface area contributed by atoms with Crippen LogP contribution in [0.1, 0.15) is 32.9 Å². The maximum Gasteiger partial charge on any atom is 0.135 e. The van der Waals surface area contributed by atoms with Crippen molar-refractivity contribution in [3.05, 3.63) is 5.69 Å². The molecule has 0 saturated heterocycles. The standard InChI is InChI=1S/C9H17N3OS/c1-5-9(2,3)13-6-7-8(10-4)14-12-11-7/h10H,5-6H2,1-4H3. The lowest BCUT2D eigenvalue weighted by atomic mass is 10.1. The number of ether oxygens (including phenoxy) is 1. The van der Waals surface area contributed by atoms with E-state index in [2.05, 4.69) is 35.7 Å². The fourth-order valence-electron chi connectivity index (χ4n) is 0.859. The molecule has 0 aromatic carbocycles. The van der Waals surface area contributed by atoms with Gasteiger partial charge in [0.05, 0.1) is 12.2 Å². The molecule has 14 heavy (non-hydrogen) atoms. The predicted octanol–water partition coefficient (Wildman–Crippen LogP) is 2.29. The summed E-state index contributed by atoms with van der Waals surface area (Å²) in [7, 11) is 1.86. The van der Waals surface area contributed by atoms with Gasteiger partial charge in [-0.3, -0.25) is 0 Å². The van der Waals surface area contributed by atoms with Gasteiger partial charge in [0.1, 0.15) is 10.7 Å².